The van der Waals surface area contributed by atoms with E-state index in [4.69, 9.17) is 0 Å². The molecule has 0 saturated carbocycles. The first-order valence-electron chi connectivity index (χ1n) is 4.15. The summed E-state index contributed by atoms with van der Waals surface area (Å²) in [5.74, 6) is 0. The largest absolute Gasteiger partial charge is 0.382 e. The fourth-order valence-corrected chi connectivity index (χ4v) is 1.09. The molecule has 0 aromatic rings. The van der Waals surface area contributed by atoms with Crippen LogP contribution in [0.2, 0.25) is 0 Å². The summed E-state index contributed by atoms with van der Waals surface area (Å²) in [4.78, 5) is 6.25. The lowest BCUT2D eigenvalue weighted by atomic mass is 10.2. The summed E-state index contributed by atoms with van der Waals surface area (Å²) in [6.45, 7) is 4.16. The predicted octanol–water partition coefficient (Wildman–Crippen LogP) is 1.43. The summed E-state index contributed by atoms with van der Waals surface area (Å²) in [5, 5.41) is 0. The van der Waals surface area contributed by atoms with Gasteiger partial charge >= 0.3 is 0 Å². The van der Waals surface area contributed by atoms with Crippen LogP contribution in [0.4, 0.5) is 0 Å². The lowest BCUT2D eigenvalue weighted by molar-refractivity contribution is 0.472. The van der Waals surface area contributed by atoms with Gasteiger partial charge in [-0.25, -0.2) is 0 Å². The Labute approximate surface area is 78.8 Å². The summed E-state index contributed by atoms with van der Waals surface area (Å²) in [5.41, 5.74) is 2.37. The molecule has 0 heterocycles. The molecular weight excluding hydrogens is 164 g/mol. The number of aliphatic imine (C=N–C) groups is 1. The molecule has 3 heteroatoms. The van der Waals surface area contributed by atoms with Crippen molar-refractivity contribution in [1.82, 2.24) is 4.90 Å². The molecule has 0 aliphatic carbocycles. The zero-order valence-electron chi connectivity index (χ0n) is 8.39. The minimum absolute atomic E-state index is 0.858. The monoisotopic (exact) mass is 181 g/mol. The molecule has 0 amide bonds. The van der Waals surface area contributed by atoms with Gasteiger partial charge in [-0.15, -0.1) is 0 Å². The summed E-state index contributed by atoms with van der Waals surface area (Å²) in [6, 6.07) is 0. The van der Waals surface area contributed by atoms with Crippen LogP contribution in [0.5, 0.6) is 0 Å². The second kappa shape index (κ2) is 6.00. The van der Waals surface area contributed by atoms with Gasteiger partial charge in [-0.1, -0.05) is 6.92 Å². The van der Waals surface area contributed by atoms with Gasteiger partial charge in [0, 0.05) is 31.7 Å². The normalized spacial score (nSPS) is 13.4. The van der Waals surface area contributed by atoms with Crippen LogP contribution in [0.25, 0.3) is 0 Å². The Morgan fingerprint density at radius 1 is 1.58 bits per heavy atom. The molecule has 0 aliphatic rings. The van der Waals surface area contributed by atoms with Crippen molar-refractivity contribution in [2.45, 2.75) is 20.3 Å². The number of hydrogen-bond acceptors (Lipinski definition) is 2. The molecule has 0 aromatic carbocycles. The summed E-state index contributed by atoms with van der Waals surface area (Å²) in [6.07, 6.45) is 4.00. The smallest absolute Gasteiger partial charge is 0.0513 e. The van der Waals surface area contributed by atoms with Crippen LogP contribution in [-0.4, -0.2) is 41.1 Å². The molecule has 0 aliphatic heterocycles. The maximum Gasteiger partial charge on any atom is 0.0513 e. The molecule has 0 atom stereocenters. The Hall–Kier alpha value is -0.573. The first-order chi connectivity index (χ1) is 5.65. The van der Waals surface area contributed by atoms with Gasteiger partial charge in [0.05, 0.1) is 10.2 Å². The third-order valence-corrected chi connectivity index (χ3v) is 2.29. The lowest BCUT2D eigenvalue weighted by Gasteiger charge is -2.19. The van der Waals surface area contributed by atoms with Crippen molar-refractivity contribution in [1.29, 1.82) is 0 Å². The number of hydrogen-bond donors (Lipinski definition) is 0. The Morgan fingerprint density at radius 2 is 2.17 bits per heavy atom. The van der Waals surface area contributed by atoms with Crippen LogP contribution in [0, 0.1) is 0 Å². The molecule has 0 saturated heterocycles. The maximum atomic E-state index is 4.09. The van der Waals surface area contributed by atoms with Gasteiger partial charge in [0.25, 0.3) is 0 Å². The first-order valence-corrected chi connectivity index (χ1v) is 4.86. The van der Waals surface area contributed by atoms with E-state index in [1.165, 1.54) is 5.70 Å². The van der Waals surface area contributed by atoms with Gasteiger partial charge in [-0.05, 0) is 19.4 Å². The van der Waals surface area contributed by atoms with Gasteiger partial charge in [0.1, 0.15) is 0 Å². The number of allylic oxidation sites excluding steroid dienone is 2. The molecule has 0 unspecified atom stereocenters. The second-order valence-corrected chi connectivity index (χ2v) is 3.03. The summed E-state index contributed by atoms with van der Waals surface area (Å²) >= 11 is 0. The van der Waals surface area contributed by atoms with Crippen molar-refractivity contribution < 1.29 is 0 Å². The second-order valence-electron chi connectivity index (χ2n) is 2.71. The summed E-state index contributed by atoms with van der Waals surface area (Å²) < 4.78 is 0. The van der Waals surface area contributed by atoms with Crippen molar-refractivity contribution in [3.63, 3.8) is 0 Å². The molecule has 0 aromatic heterocycles. The number of rotatable bonds is 4. The van der Waals surface area contributed by atoms with Crippen LogP contribution in [0.15, 0.2) is 16.8 Å². The third kappa shape index (κ3) is 3.71. The van der Waals surface area contributed by atoms with Gasteiger partial charge < -0.3 is 4.90 Å². The summed E-state index contributed by atoms with van der Waals surface area (Å²) in [7, 11) is 7.33. The molecule has 0 spiro atoms. The van der Waals surface area contributed by atoms with Crippen LogP contribution in [0.3, 0.4) is 0 Å². The highest BCUT2D eigenvalue weighted by molar-refractivity contribution is 6.08. The van der Waals surface area contributed by atoms with Gasteiger partial charge in [0.2, 0.25) is 0 Å². The van der Waals surface area contributed by atoms with Crippen molar-refractivity contribution in [3.8, 4) is 0 Å². The molecule has 0 rings (SSSR count). The average molecular weight is 181 g/mol. The van der Waals surface area contributed by atoms with E-state index in [-0.39, 0.29) is 0 Å². The van der Waals surface area contributed by atoms with E-state index < -0.39 is 0 Å². The van der Waals surface area contributed by atoms with Gasteiger partial charge in [-0.3, -0.25) is 4.99 Å². The van der Waals surface area contributed by atoms with E-state index in [0.29, 0.717) is 0 Å². The quantitative estimate of drug-likeness (QED) is 0.473. The Balaban J connectivity index is 4.42. The molecule has 67 valence electrons. The van der Waals surface area contributed by atoms with E-state index in [0.717, 1.165) is 18.3 Å². The average Bonchev–Trinajstić information content (AvgIpc) is 2.12. The van der Waals surface area contributed by atoms with Crippen LogP contribution < -0.4 is 0 Å². The van der Waals surface area contributed by atoms with E-state index in [9.17, 15) is 0 Å². The van der Waals surface area contributed by atoms with Crippen LogP contribution in [0.1, 0.15) is 20.3 Å². The topological polar surface area (TPSA) is 15.6 Å². The Bertz CT molecular complexity index is 185. The maximum absolute atomic E-state index is 4.09. The van der Waals surface area contributed by atoms with Gasteiger partial charge in [0.15, 0.2) is 0 Å². The highest BCUT2D eigenvalue weighted by Gasteiger charge is 1.98. The minimum atomic E-state index is 0.858. The van der Waals surface area contributed by atoms with E-state index in [1.54, 1.807) is 0 Å². The fraction of sp³-hybridized carbons (Fsp3) is 0.667. The standard InChI is InChI=1S/C9H17N2Si/c1-5-9(11(4)7-12)6-8(2)10-3/h6H,5,7H2,1-4H3/b9-6-,10-8?. The molecule has 2 nitrogen and oxygen atoms in total. The van der Waals surface area contributed by atoms with E-state index >= 15 is 0 Å². The van der Waals surface area contributed by atoms with E-state index in [2.05, 4.69) is 40.2 Å². The molecule has 0 N–H and O–H groups in total. The predicted molar refractivity (Wildman–Crippen MR) is 55.8 cm³/mol. The first kappa shape index (κ1) is 11.4. The van der Waals surface area contributed by atoms with Gasteiger partial charge in [-0.2, -0.15) is 0 Å². The highest BCUT2D eigenvalue weighted by Crippen LogP contribution is 2.05. The molecule has 12 heavy (non-hydrogen) atoms. The van der Waals surface area contributed by atoms with Crippen molar-refractivity contribution >= 4 is 16.0 Å². The zero-order chi connectivity index (χ0) is 9.56. The number of nitrogens with zero attached hydrogens (tertiary/aromatic N) is 2. The van der Waals surface area contributed by atoms with Crippen molar-refractivity contribution in [2.24, 2.45) is 4.99 Å². The Kier molecular flexibility index (Phi) is 5.71. The third-order valence-electron chi connectivity index (χ3n) is 1.82. The SMILES string of the molecule is CC/C(=C/C(C)=NC)N(C)C[Si]. The molecule has 0 fully saturated rings. The minimum Gasteiger partial charge on any atom is -0.382 e. The molecule has 0 bridgehead atoms. The lowest BCUT2D eigenvalue weighted by Crippen LogP contribution is -2.19. The van der Waals surface area contributed by atoms with Crippen LogP contribution in [-0.2, 0) is 0 Å². The van der Waals surface area contributed by atoms with Crippen molar-refractivity contribution in [3.05, 3.63) is 11.8 Å². The highest BCUT2D eigenvalue weighted by atomic mass is 28.1. The van der Waals surface area contributed by atoms with Crippen molar-refractivity contribution in [2.75, 3.05) is 20.3 Å². The zero-order valence-corrected chi connectivity index (χ0v) is 9.39. The molecular formula is C9H17N2Si. The Morgan fingerprint density at radius 3 is 2.50 bits per heavy atom. The molecule has 3 radical (unpaired) electrons. The van der Waals surface area contributed by atoms with Crippen LogP contribution >= 0.6 is 0 Å². The van der Waals surface area contributed by atoms with E-state index in [1.807, 2.05) is 14.0 Å². The fourth-order valence-electron chi connectivity index (χ4n) is 0.889.